The molecule has 0 bridgehead atoms. The molecule has 0 aromatic carbocycles. The lowest BCUT2D eigenvalue weighted by atomic mass is 9.95. The van der Waals surface area contributed by atoms with Crippen molar-refractivity contribution in [1.29, 1.82) is 0 Å². The summed E-state index contributed by atoms with van der Waals surface area (Å²) in [5.41, 5.74) is 1.23. The average molecular weight is 224 g/mol. The van der Waals surface area contributed by atoms with Crippen LogP contribution in [0.5, 0.6) is 0 Å². The lowest BCUT2D eigenvalue weighted by Gasteiger charge is -2.42. The highest BCUT2D eigenvalue weighted by molar-refractivity contribution is 4.96. The summed E-state index contributed by atoms with van der Waals surface area (Å²) in [4.78, 5) is 5.00. The zero-order chi connectivity index (χ0) is 12.0. The van der Waals surface area contributed by atoms with E-state index in [0.29, 0.717) is 0 Å². The molecule has 2 heteroatoms. The van der Waals surface area contributed by atoms with Gasteiger partial charge in [-0.15, -0.1) is 0 Å². The smallest absolute Gasteiger partial charge is 0.0220 e. The van der Waals surface area contributed by atoms with E-state index in [2.05, 4.69) is 37.1 Å². The van der Waals surface area contributed by atoms with Gasteiger partial charge in [-0.1, -0.05) is 20.4 Å². The van der Waals surface area contributed by atoms with Crippen molar-refractivity contribution in [2.75, 3.05) is 32.7 Å². The summed E-state index contributed by atoms with van der Waals surface area (Å²) in [6.45, 7) is 16.9. The second kappa shape index (κ2) is 6.95. The predicted molar refractivity (Wildman–Crippen MR) is 71.5 cm³/mol. The monoisotopic (exact) mass is 224 g/mol. The Bertz CT molecular complexity index is 201. The molecule has 0 unspecified atom stereocenters. The Balaban J connectivity index is 2.12. The molecule has 0 spiro atoms. The maximum Gasteiger partial charge on any atom is 0.0220 e. The third-order valence-electron chi connectivity index (χ3n) is 3.43. The summed E-state index contributed by atoms with van der Waals surface area (Å²) in [5.74, 6) is 0.910. The maximum absolute atomic E-state index is 3.98. The molecule has 94 valence electrons. The maximum atomic E-state index is 3.98. The molecular formula is C14H28N2. The van der Waals surface area contributed by atoms with Crippen molar-refractivity contribution < 1.29 is 0 Å². The van der Waals surface area contributed by atoms with E-state index < -0.39 is 0 Å². The minimum atomic E-state index is 0.910. The largest absolute Gasteiger partial charge is 0.375 e. The average Bonchev–Trinajstić information content (AvgIpc) is 2.15. The lowest BCUT2D eigenvalue weighted by Crippen LogP contribution is -2.46. The number of hydrogen-bond donors (Lipinski definition) is 0. The van der Waals surface area contributed by atoms with Crippen LogP contribution >= 0.6 is 0 Å². The van der Waals surface area contributed by atoms with Crippen LogP contribution in [0.3, 0.4) is 0 Å². The molecule has 1 saturated heterocycles. The number of nitrogens with zero attached hydrogens (tertiary/aromatic N) is 2. The van der Waals surface area contributed by atoms with Crippen LogP contribution in [0.15, 0.2) is 12.3 Å². The molecule has 2 nitrogen and oxygen atoms in total. The van der Waals surface area contributed by atoms with Crippen LogP contribution < -0.4 is 0 Å². The highest BCUT2D eigenvalue weighted by Gasteiger charge is 2.25. The van der Waals surface area contributed by atoms with Gasteiger partial charge in [0, 0.05) is 18.8 Å². The fourth-order valence-electron chi connectivity index (χ4n) is 2.40. The van der Waals surface area contributed by atoms with Crippen LogP contribution in [0, 0.1) is 5.92 Å². The first-order valence-electron chi connectivity index (χ1n) is 6.80. The number of likely N-dealkylation sites (tertiary alicyclic amines) is 1. The van der Waals surface area contributed by atoms with Gasteiger partial charge in [0.25, 0.3) is 0 Å². The van der Waals surface area contributed by atoms with E-state index in [0.717, 1.165) is 5.92 Å². The van der Waals surface area contributed by atoms with Crippen LogP contribution in [-0.2, 0) is 0 Å². The lowest BCUT2D eigenvalue weighted by molar-refractivity contribution is 0.120. The van der Waals surface area contributed by atoms with E-state index in [4.69, 9.17) is 0 Å². The molecule has 0 amide bonds. The van der Waals surface area contributed by atoms with E-state index in [1.54, 1.807) is 0 Å². The first-order valence-corrected chi connectivity index (χ1v) is 6.80. The van der Waals surface area contributed by atoms with Gasteiger partial charge in [-0.25, -0.2) is 0 Å². The first kappa shape index (κ1) is 13.6. The summed E-state index contributed by atoms with van der Waals surface area (Å²) < 4.78 is 0. The summed E-state index contributed by atoms with van der Waals surface area (Å²) in [6, 6.07) is 0. The first-order chi connectivity index (χ1) is 7.67. The Morgan fingerprint density at radius 2 is 1.75 bits per heavy atom. The molecule has 1 rings (SSSR count). The minimum Gasteiger partial charge on any atom is -0.375 e. The van der Waals surface area contributed by atoms with Crippen molar-refractivity contribution in [3.8, 4) is 0 Å². The quantitative estimate of drug-likeness (QED) is 0.625. The summed E-state index contributed by atoms with van der Waals surface area (Å²) in [7, 11) is 0. The molecule has 0 aromatic heterocycles. The van der Waals surface area contributed by atoms with Crippen LogP contribution in [0.4, 0.5) is 0 Å². The van der Waals surface area contributed by atoms with E-state index in [1.807, 2.05) is 0 Å². The van der Waals surface area contributed by atoms with E-state index in [1.165, 1.54) is 57.7 Å². The van der Waals surface area contributed by atoms with Crippen molar-refractivity contribution in [3.63, 3.8) is 0 Å². The summed E-state index contributed by atoms with van der Waals surface area (Å²) in [5, 5.41) is 0. The summed E-state index contributed by atoms with van der Waals surface area (Å²) >= 11 is 0. The highest BCUT2D eigenvalue weighted by atomic mass is 15.2. The number of hydrogen-bond acceptors (Lipinski definition) is 2. The zero-order valence-electron chi connectivity index (χ0n) is 11.3. The van der Waals surface area contributed by atoms with Gasteiger partial charge in [0.05, 0.1) is 0 Å². The summed E-state index contributed by atoms with van der Waals surface area (Å²) in [6.07, 6.45) is 3.93. The van der Waals surface area contributed by atoms with Crippen LogP contribution in [-0.4, -0.2) is 42.5 Å². The molecule has 1 heterocycles. The fourth-order valence-corrected chi connectivity index (χ4v) is 2.40. The van der Waals surface area contributed by atoms with Crippen molar-refractivity contribution in [1.82, 2.24) is 9.80 Å². The SMILES string of the molecule is C=C(C)N1CC(CCN(CCC)CCC)C1. The van der Waals surface area contributed by atoms with Crippen LogP contribution in [0.25, 0.3) is 0 Å². The Kier molecular flexibility index (Phi) is 5.89. The van der Waals surface area contributed by atoms with Gasteiger partial charge in [-0.3, -0.25) is 0 Å². The van der Waals surface area contributed by atoms with E-state index >= 15 is 0 Å². The van der Waals surface area contributed by atoms with Crippen molar-refractivity contribution >= 4 is 0 Å². The van der Waals surface area contributed by atoms with Gasteiger partial charge in [0.2, 0.25) is 0 Å². The second-order valence-electron chi connectivity index (χ2n) is 5.14. The topological polar surface area (TPSA) is 6.48 Å². The predicted octanol–water partition coefficient (Wildman–Crippen LogP) is 2.96. The van der Waals surface area contributed by atoms with Gasteiger partial charge in [-0.05, 0) is 51.7 Å². The molecular weight excluding hydrogens is 196 g/mol. The van der Waals surface area contributed by atoms with Crippen molar-refractivity contribution in [2.24, 2.45) is 5.92 Å². The van der Waals surface area contributed by atoms with Gasteiger partial charge in [0.15, 0.2) is 0 Å². The molecule has 1 fully saturated rings. The molecule has 1 aliphatic heterocycles. The normalized spacial score (nSPS) is 16.6. The molecule has 0 N–H and O–H groups in total. The number of rotatable bonds is 8. The molecule has 0 radical (unpaired) electrons. The third kappa shape index (κ3) is 4.17. The fraction of sp³-hybridized carbons (Fsp3) is 0.857. The van der Waals surface area contributed by atoms with Crippen LogP contribution in [0.2, 0.25) is 0 Å². The van der Waals surface area contributed by atoms with Crippen LogP contribution in [0.1, 0.15) is 40.0 Å². The molecule has 0 atom stereocenters. The molecule has 1 aliphatic rings. The minimum absolute atomic E-state index is 0.910. The Hall–Kier alpha value is -0.500. The second-order valence-corrected chi connectivity index (χ2v) is 5.14. The molecule has 0 saturated carbocycles. The zero-order valence-corrected chi connectivity index (χ0v) is 11.3. The molecule has 0 aliphatic carbocycles. The van der Waals surface area contributed by atoms with Crippen molar-refractivity contribution in [2.45, 2.75) is 40.0 Å². The standard InChI is InChI=1S/C14H28N2/c1-5-8-15(9-6-2)10-7-14-11-16(12-14)13(3)4/h14H,3,5-12H2,1-2,4H3. The Morgan fingerprint density at radius 3 is 2.19 bits per heavy atom. The van der Waals surface area contributed by atoms with Gasteiger partial charge >= 0.3 is 0 Å². The van der Waals surface area contributed by atoms with E-state index in [9.17, 15) is 0 Å². The van der Waals surface area contributed by atoms with Gasteiger partial charge in [0.1, 0.15) is 0 Å². The highest BCUT2D eigenvalue weighted by Crippen LogP contribution is 2.22. The Labute approximate surface area is 101 Å². The van der Waals surface area contributed by atoms with Crippen molar-refractivity contribution in [3.05, 3.63) is 12.3 Å². The van der Waals surface area contributed by atoms with Gasteiger partial charge in [-0.2, -0.15) is 0 Å². The van der Waals surface area contributed by atoms with E-state index in [-0.39, 0.29) is 0 Å². The molecule has 16 heavy (non-hydrogen) atoms. The molecule has 0 aromatic rings. The van der Waals surface area contributed by atoms with Gasteiger partial charge < -0.3 is 9.80 Å². The third-order valence-corrected chi connectivity index (χ3v) is 3.43. The number of allylic oxidation sites excluding steroid dienone is 1. The Morgan fingerprint density at radius 1 is 1.19 bits per heavy atom.